The Hall–Kier alpha value is -3.86. The molecule has 0 spiro atoms. The van der Waals surface area contributed by atoms with Crippen molar-refractivity contribution in [3.05, 3.63) is 84.9 Å². The van der Waals surface area contributed by atoms with Gasteiger partial charge in [0, 0.05) is 41.5 Å². The van der Waals surface area contributed by atoms with Crippen molar-refractivity contribution >= 4 is 27.4 Å². The molecule has 2 aromatic carbocycles. The summed E-state index contributed by atoms with van der Waals surface area (Å²) in [6, 6.07) is 18.4. The predicted octanol–water partition coefficient (Wildman–Crippen LogP) is 5.66. The van der Waals surface area contributed by atoms with E-state index < -0.39 is 0 Å². The standard InChI is InChI=1S/C24H19N3O2/c1-28-24-15-25-9-8-21(24)27-12-16-6-7-18-13-26-14-20(19(18)10-16)23-11-17-4-2-3-5-22(17)29-23/h2-11,13-15H,12H2,1H3,(H,25,27). The van der Waals surface area contributed by atoms with Gasteiger partial charge >= 0.3 is 0 Å². The van der Waals surface area contributed by atoms with E-state index in [4.69, 9.17) is 9.15 Å². The summed E-state index contributed by atoms with van der Waals surface area (Å²) in [6.07, 6.45) is 7.19. The van der Waals surface area contributed by atoms with E-state index in [1.165, 1.54) is 0 Å². The summed E-state index contributed by atoms with van der Waals surface area (Å²) in [5.74, 6) is 1.55. The predicted molar refractivity (Wildman–Crippen MR) is 115 cm³/mol. The maximum Gasteiger partial charge on any atom is 0.160 e. The van der Waals surface area contributed by atoms with Crippen LogP contribution in [0.25, 0.3) is 33.1 Å². The molecule has 1 N–H and O–H groups in total. The fourth-order valence-corrected chi connectivity index (χ4v) is 3.52. The zero-order valence-electron chi connectivity index (χ0n) is 15.9. The number of pyridine rings is 2. The van der Waals surface area contributed by atoms with Crippen molar-refractivity contribution in [3.63, 3.8) is 0 Å². The quantitative estimate of drug-likeness (QED) is 0.425. The third kappa shape index (κ3) is 3.27. The normalized spacial score (nSPS) is 11.1. The van der Waals surface area contributed by atoms with E-state index in [0.29, 0.717) is 6.54 Å². The molecule has 5 rings (SSSR count). The second kappa shape index (κ2) is 7.28. The number of methoxy groups -OCH3 is 1. The minimum atomic E-state index is 0.665. The highest BCUT2D eigenvalue weighted by molar-refractivity contribution is 5.97. The monoisotopic (exact) mass is 381 g/mol. The van der Waals surface area contributed by atoms with Gasteiger partial charge in [0.2, 0.25) is 0 Å². The number of ether oxygens (including phenoxy) is 1. The van der Waals surface area contributed by atoms with Crippen LogP contribution in [0.5, 0.6) is 5.75 Å². The van der Waals surface area contributed by atoms with Gasteiger partial charge in [0.25, 0.3) is 0 Å². The van der Waals surface area contributed by atoms with E-state index in [-0.39, 0.29) is 0 Å². The highest BCUT2D eigenvalue weighted by Crippen LogP contribution is 2.33. The zero-order chi connectivity index (χ0) is 19.6. The van der Waals surface area contributed by atoms with Crippen LogP contribution in [-0.4, -0.2) is 17.1 Å². The van der Waals surface area contributed by atoms with Crippen LogP contribution in [-0.2, 0) is 6.54 Å². The smallest absolute Gasteiger partial charge is 0.160 e. The first-order chi connectivity index (χ1) is 14.3. The molecule has 5 aromatic rings. The van der Waals surface area contributed by atoms with Crippen molar-refractivity contribution in [1.29, 1.82) is 0 Å². The highest BCUT2D eigenvalue weighted by Gasteiger charge is 2.11. The van der Waals surface area contributed by atoms with E-state index in [2.05, 4.69) is 45.6 Å². The molecule has 0 atom stereocenters. The summed E-state index contributed by atoms with van der Waals surface area (Å²) in [7, 11) is 1.64. The number of para-hydroxylation sites is 1. The van der Waals surface area contributed by atoms with E-state index in [0.717, 1.165) is 50.1 Å². The molecule has 0 saturated carbocycles. The van der Waals surface area contributed by atoms with Gasteiger partial charge in [-0.15, -0.1) is 0 Å². The van der Waals surface area contributed by atoms with Gasteiger partial charge in [-0.2, -0.15) is 0 Å². The van der Waals surface area contributed by atoms with Gasteiger partial charge in [0.05, 0.1) is 19.0 Å². The molecule has 29 heavy (non-hydrogen) atoms. The van der Waals surface area contributed by atoms with E-state index >= 15 is 0 Å². The third-order valence-corrected chi connectivity index (χ3v) is 5.00. The van der Waals surface area contributed by atoms with Crippen LogP contribution < -0.4 is 10.1 Å². The van der Waals surface area contributed by atoms with Crippen LogP contribution in [0.3, 0.4) is 0 Å². The molecule has 0 aliphatic heterocycles. The van der Waals surface area contributed by atoms with E-state index in [1.54, 1.807) is 19.5 Å². The SMILES string of the molecule is COc1cnccc1NCc1ccc2cncc(-c3cc4ccccc4o3)c2c1. The fraction of sp³-hybridized carbons (Fsp3) is 0.0833. The van der Waals surface area contributed by atoms with Gasteiger partial charge in [0.1, 0.15) is 11.3 Å². The summed E-state index contributed by atoms with van der Waals surface area (Å²) in [6.45, 7) is 0.665. The first-order valence-corrected chi connectivity index (χ1v) is 9.39. The lowest BCUT2D eigenvalue weighted by molar-refractivity contribution is 0.414. The van der Waals surface area contributed by atoms with Gasteiger partial charge in [0.15, 0.2) is 5.75 Å². The molecule has 0 aliphatic carbocycles. The number of nitrogens with one attached hydrogen (secondary N) is 1. The largest absolute Gasteiger partial charge is 0.493 e. The number of aromatic nitrogens is 2. The first kappa shape index (κ1) is 17.3. The summed E-state index contributed by atoms with van der Waals surface area (Å²) in [4.78, 5) is 8.50. The molecule has 0 fully saturated rings. The number of hydrogen-bond acceptors (Lipinski definition) is 5. The van der Waals surface area contributed by atoms with Crippen molar-refractivity contribution in [3.8, 4) is 17.1 Å². The number of hydrogen-bond donors (Lipinski definition) is 1. The van der Waals surface area contributed by atoms with Crippen molar-refractivity contribution < 1.29 is 9.15 Å². The summed E-state index contributed by atoms with van der Waals surface area (Å²) < 4.78 is 11.4. The average molecular weight is 381 g/mol. The molecule has 0 aliphatic rings. The molecule has 5 nitrogen and oxygen atoms in total. The molecule has 3 aromatic heterocycles. The van der Waals surface area contributed by atoms with Crippen molar-refractivity contribution in [2.24, 2.45) is 0 Å². The van der Waals surface area contributed by atoms with Crippen molar-refractivity contribution in [1.82, 2.24) is 9.97 Å². The number of benzene rings is 2. The van der Waals surface area contributed by atoms with Gasteiger partial charge in [-0.3, -0.25) is 9.97 Å². The molecule has 0 radical (unpaired) electrons. The average Bonchev–Trinajstić information content (AvgIpc) is 3.21. The highest BCUT2D eigenvalue weighted by atomic mass is 16.5. The molecule has 0 amide bonds. The third-order valence-electron chi connectivity index (χ3n) is 5.00. The molecule has 5 heteroatoms. The lowest BCUT2D eigenvalue weighted by Gasteiger charge is -2.11. The Labute approximate surface area is 168 Å². The number of nitrogens with zero attached hydrogens (tertiary/aromatic N) is 2. The lowest BCUT2D eigenvalue weighted by atomic mass is 10.0. The van der Waals surface area contributed by atoms with Crippen LogP contribution in [0.15, 0.2) is 83.8 Å². The minimum Gasteiger partial charge on any atom is -0.493 e. The van der Waals surface area contributed by atoms with Gasteiger partial charge in [-0.25, -0.2) is 0 Å². The zero-order valence-corrected chi connectivity index (χ0v) is 15.9. The Balaban J connectivity index is 1.51. The van der Waals surface area contributed by atoms with Crippen LogP contribution in [0.1, 0.15) is 5.56 Å². The molecule has 0 bridgehead atoms. The fourth-order valence-electron chi connectivity index (χ4n) is 3.52. The van der Waals surface area contributed by atoms with Gasteiger partial charge in [-0.1, -0.05) is 30.3 Å². The number of furan rings is 1. The summed E-state index contributed by atoms with van der Waals surface area (Å²) in [5.41, 5.74) is 3.93. The number of rotatable bonds is 5. The summed E-state index contributed by atoms with van der Waals surface area (Å²) in [5, 5.41) is 6.70. The summed E-state index contributed by atoms with van der Waals surface area (Å²) >= 11 is 0. The van der Waals surface area contributed by atoms with Gasteiger partial charge < -0.3 is 14.5 Å². The molecule has 0 unspecified atom stereocenters. The second-order valence-corrected chi connectivity index (χ2v) is 6.82. The lowest BCUT2D eigenvalue weighted by Crippen LogP contribution is -2.01. The van der Waals surface area contributed by atoms with Crippen LogP contribution >= 0.6 is 0 Å². The van der Waals surface area contributed by atoms with Crippen LogP contribution in [0.2, 0.25) is 0 Å². The molecular weight excluding hydrogens is 362 g/mol. The Morgan fingerprint density at radius 3 is 2.76 bits per heavy atom. The molecule has 3 heterocycles. The second-order valence-electron chi connectivity index (χ2n) is 6.82. The minimum absolute atomic E-state index is 0.665. The van der Waals surface area contributed by atoms with Gasteiger partial charge in [-0.05, 0) is 35.2 Å². The maximum atomic E-state index is 6.08. The van der Waals surface area contributed by atoms with Crippen molar-refractivity contribution in [2.45, 2.75) is 6.54 Å². The Morgan fingerprint density at radius 2 is 1.86 bits per heavy atom. The van der Waals surface area contributed by atoms with Crippen molar-refractivity contribution in [2.75, 3.05) is 12.4 Å². The topological polar surface area (TPSA) is 60.2 Å². The molecule has 142 valence electrons. The Morgan fingerprint density at radius 1 is 0.931 bits per heavy atom. The molecule has 0 saturated heterocycles. The number of anilines is 1. The van der Waals surface area contributed by atoms with Crippen LogP contribution in [0, 0.1) is 0 Å². The van der Waals surface area contributed by atoms with E-state index in [1.807, 2.05) is 36.7 Å². The first-order valence-electron chi connectivity index (χ1n) is 9.39. The van der Waals surface area contributed by atoms with Crippen LogP contribution in [0.4, 0.5) is 5.69 Å². The molecular formula is C24H19N3O2. The maximum absolute atomic E-state index is 6.08. The van der Waals surface area contributed by atoms with E-state index in [9.17, 15) is 0 Å². The number of fused-ring (bicyclic) bond motifs is 2. The Bertz CT molecular complexity index is 1280. The Kier molecular flexibility index (Phi) is 4.33.